The van der Waals surface area contributed by atoms with Gasteiger partial charge in [0.1, 0.15) is 0 Å². The van der Waals surface area contributed by atoms with Crippen molar-refractivity contribution in [3.05, 3.63) is 71.8 Å². The molecule has 0 atom stereocenters. The molecule has 0 amide bonds. The number of hydrogen-bond acceptors (Lipinski definition) is 3. The van der Waals surface area contributed by atoms with Gasteiger partial charge in [-0.05, 0) is 23.3 Å². The van der Waals surface area contributed by atoms with Crippen LogP contribution in [0.1, 0.15) is 11.1 Å². The van der Waals surface area contributed by atoms with Crippen LogP contribution in [0.4, 0.5) is 0 Å². The van der Waals surface area contributed by atoms with Crippen LogP contribution in [0.3, 0.4) is 0 Å². The Balaban J connectivity index is 2.24. The largest absolute Gasteiger partial charge is 0.345 e. The summed E-state index contributed by atoms with van der Waals surface area (Å²) >= 11 is 5.15. The summed E-state index contributed by atoms with van der Waals surface area (Å²) in [4.78, 5) is 1.72. The Morgan fingerprint density at radius 1 is 0.905 bits per heavy atom. The minimum Gasteiger partial charge on any atom is -0.345 e. The molecule has 0 unspecified atom stereocenters. The minimum atomic E-state index is -3.38. The van der Waals surface area contributed by atoms with Crippen LogP contribution in [0, 0.1) is 0 Å². The van der Waals surface area contributed by atoms with E-state index >= 15 is 0 Å². The molecule has 0 aliphatic carbocycles. The van der Waals surface area contributed by atoms with Crippen molar-refractivity contribution in [1.29, 1.82) is 0 Å². The van der Waals surface area contributed by atoms with Gasteiger partial charge in [0.2, 0.25) is 9.84 Å². The van der Waals surface area contributed by atoms with Crippen LogP contribution in [0.25, 0.3) is 0 Å². The third-order valence-corrected chi connectivity index (χ3v) is 5.07. The van der Waals surface area contributed by atoms with Gasteiger partial charge in [-0.2, -0.15) is 0 Å². The van der Waals surface area contributed by atoms with Gasteiger partial charge >= 0.3 is 0 Å². The van der Waals surface area contributed by atoms with Crippen LogP contribution >= 0.6 is 12.2 Å². The van der Waals surface area contributed by atoms with E-state index in [1.165, 1.54) is 0 Å². The zero-order chi connectivity index (χ0) is 15.3. The van der Waals surface area contributed by atoms with Crippen LogP contribution in [0.15, 0.2) is 60.7 Å². The molecule has 0 fully saturated rings. The summed E-state index contributed by atoms with van der Waals surface area (Å²) in [5.74, 6) is 0. The molecule has 0 bridgehead atoms. The molecule has 0 heterocycles. The summed E-state index contributed by atoms with van der Waals surface area (Å²) in [5, 5.41) is 0. The molecule has 0 N–H and O–H groups in total. The Labute approximate surface area is 131 Å². The average molecular weight is 319 g/mol. The Morgan fingerprint density at radius 3 is 1.62 bits per heavy atom. The second-order valence-electron chi connectivity index (χ2n) is 4.87. The number of nitrogens with zero attached hydrogens (tertiary/aromatic N) is 1. The standard InChI is InChI=1S/C16H17NO2S2/c1-21(18,19)16(20)17(12-14-8-4-2-5-9-14)13-15-10-6-3-7-11-15/h2-11H,12-13H2,1H3. The highest BCUT2D eigenvalue weighted by atomic mass is 32.2. The maximum atomic E-state index is 11.8. The highest BCUT2D eigenvalue weighted by molar-refractivity contribution is 8.16. The lowest BCUT2D eigenvalue weighted by Crippen LogP contribution is -2.33. The first-order valence-electron chi connectivity index (χ1n) is 6.53. The molecule has 110 valence electrons. The monoisotopic (exact) mass is 319 g/mol. The van der Waals surface area contributed by atoms with Crippen molar-refractivity contribution in [3.8, 4) is 0 Å². The lowest BCUT2D eigenvalue weighted by molar-refractivity contribution is 0.418. The van der Waals surface area contributed by atoms with Gasteiger partial charge < -0.3 is 4.90 Å². The summed E-state index contributed by atoms with van der Waals surface area (Å²) in [6.45, 7) is 0.948. The molecule has 0 aliphatic rings. The molecule has 0 aromatic heterocycles. The topological polar surface area (TPSA) is 37.4 Å². The summed E-state index contributed by atoms with van der Waals surface area (Å²) in [5.41, 5.74) is 2.05. The lowest BCUT2D eigenvalue weighted by Gasteiger charge is -2.24. The van der Waals surface area contributed by atoms with Gasteiger partial charge in [-0.25, -0.2) is 8.42 Å². The van der Waals surface area contributed by atoms with E-state index in [1.807, 2.05) is 60.7 Å². The van der Waals surface area contributed by atoms with Crippen LogP contribution in [0.2, 0.25) is 0 Å². The third-order valence-electron chi connectivity index (χ3n) is 3.01. The molecular formula is C16H17NO2S2. The fourth-order valence-electron chi connectivity index (χ4n) is 2.03. The fourth-order valence-corrected chi connectivity index (χ4v) is 2.75. The molecule has 2 rings (SSSR count). The summed E-state index contributed by atoms with van der Waals surface area (Å²) in [6, 6.07) is 19.4. The summed E-state index contributed by atoms with van der Waals surface area (Å²) < 4.78 is 23.5. The van der Waals surface area contributed by atoms with Gasteiger partial charge in [0, 0.05) is 19.3 Å². The predicted octanol–water partition coefficient (Wildman–Crippen LogP) is 3.02. The normalized spacial score (nSPS) is 11.1. The van der Waals surface area contributed by atoms with Gasteiger partial charge in [0.05, 0.1) is 0 Å². The van der Waals surface area contributed by atoms with Crippen LogP contribution in [0.5, 0.6) is 0 Å². The second-order valence-corrected chi connectivity index (χ2v) is 7.44. The van der Waals surface area contributed by atoms with Crippen molar-refractivity contribution < 1.29 is 8.42 Å². The fraction of sp³-hybridized carbons (Fsp3) is 0.188. The number of hydrogen-bond donors (Lipinski definition) is 0. The first-order valence-corrected chi connectivity index (χ1v) is 8.83. The zero-order valence-corrected chi connectivity index (χ0v) is 13.4. The van der Waals surface area contributed by atoms with Crippen molar-refractivity contribution in [2.24, 2.45) is 0 Å². The number of sulfone groups is 1. The first kappa shape index (κ1) is 15.7. The van der Waals surface area contributed by atoms with E-state index in [0.29, 0.717) is 13.1 Å². The zero-order valence-electron chi connectivity index (χ0n) is 11.8. The van der Waals surface area contributed by atoms with Gasteiger partial charge in [-0.1, -0.05) is 60.7 Å². The van der Waals surface area contributed by atoms with E-state index in [-0.39, 0.29) is 4.32 Å². The molecule has 0 aliphatic heterocycles. The van der Waals surface area contributed by atoms with E-state index in [4.69, 9.17) is 12.2 Å². The Bertz CT molecular complexity index is 656. The Morgan fingerprint density at radius 2 is 1.29 bits per heavy atom. The third kappa shape index (κ3) is 4.65. The smallest absolute Gasteiger partial charge is 0.201 e. The number of rotatable bonds is 4. The van der Waals surface area contributed by atoms with Crippen molar-refractivity contribution in [1.82, 2.24) is 4.90 Å². The molecule has 21 heavy (non-hydrogen) atoms. The maximum absolute atomic E-state index is 11.8. The van der Waals surface area contributed by atoms with E-state index in [1.54, 1.807) is 4.90 Å². The molecule has 0 radical (unpaired) electrons. The molecule has 5 heteroatoms. The van der Waals surface area contributed by atoms with Gasteiger partial charge in [0.15, 0.2) is 4.32 Å². The van der Waals surface area contributed by atoms with Crippen LogP contribution in [-0.2, 0) is 22.9 Å². The molecule has 0 saturated carbocycles. The van der Waals surface area contributed by atoms with Gasteiger partial charge in [-0.3, -0.25) is 0 Å². The Hall–Kier alpha value is -1.72. The number of benzene rings is 2. The molecule has 3 nitrogen and oxygen atoms in total. The highest BCUT2D eigenvalue weighted by Gasteiger charge is 2.19. The summed E-state index contributed by atoms with van der Waals surface area (Å²) in [7, 11) is -3.38. The van der Waals surface area contributed by atoms with E-state index < -0.39 is 9.84 Å². The molecule has 2 aromatic rings. The molecule has 2 aromatic carbocycles. The highest BCUT2D eigenvalue weighted by Crippen LogP contribution is 2.13. The average Bonchev–Trinajstić information content (AvgIpc) is 2.47. The first-order chi connectivity index (χ1) is 9.97. The van der Waals surface area contributed by atoms with Crippen LogP contribution < -0.4 is 0 Å². The minimum absolute atomic E-state index is 0.0183. The van der Waals surface area contributed by atoms with E-state index in [9.17, 15) is 8.42 Å². The van der Waals surface area contributed by atoms with Crippen molar-refractivity contribution in [3.63, 3.8) is 0 Å². The van der Waals surface area contributed by atoms with Gasteiger partial charge in [-0.15, -0.1) is 0 Å². The SMILES string of the molecule is CS(=O)(=O)C(=S)N(Cc1ccccc1)Cc1ccccc1. The van der Waals surface area contributed by atoms with Crippen molar-refractivity contribution in [2.75, 3.05) is 6.26 Å². The van der Waals surface area contributed by atoms with Crippen molar-refractivity contribution >= 4 is 26.4 Å². The number of thiocarbonyl (C=S) groups is 1. The van der Waals surface area contributed by atoms with Gasteiger partial charge in [0.25, 0.3) is 0 Å². The van der Waals surface area contributed by atoms with Crippen LogP contribution in [-0.4, -0.2) is 23.9 Å². The van der Waals surface area contributed by atoms with E-state index in [2.05, 4.69) is 0 Å². The molecular weight excluding hydrogens is 302 g/mol. The van der Waals surface area contributed by atoms with Crippen molar-refractivity contribution in [2.45, 2.75) is 13.1 Å². The lowest BCUT2D eigenvalue weighted by atomic mass is 10.2. The quantitative estimate of drug-likeness (QED) is 0.812. The van der Waals surface area contributed by atoms with E-state index in [0.717, 1.165) is 17.4 Å². The second kappa shape index (κ2) is 6.83. The molecule has 0 spiro atoms. The maximum Gasteiger partial charge on any atom is 0.201 e. The Kier molecular flexibility index (Phi) is 5.09. The molecule has 0 saturated heterocycles. The summed E-state index contributed by atoms with van der Waals surface area (Å²) in [6.07, 6.45) is 1.15. The predicted molar refractivity (Wildman–Crippen MR) is 89.6 cm³/mol.